The van der Waals surface area contributed by atoms with Gasteiger partial charge in [0, 0.05) is 5.39 Å². The maximum absolute atomic E-state index is 10.4. The van der Waals surface area contributed by atoms with Gasteiger partial charge in [-0.1, -0.05) is 23.2 Å². The van der Waals surface area contributed by atoms with E-state index in [2.05, 4.69) is 10.2 Å². The molecular weight excluding hydrogens is 227 g/mol. The number of H-pyrrole nitrogens is 1. The van der Waals surface area contributed by atoms with Gasteiger partial charge in [0.2, 0.25) is 5.88 Å². The number of benzene rings is 1. The van der Waals surface area contributed by atoms with Crippen molar-refractivity contribution in [2.24, 2.45) is 5.18 Å². The average molecular weight is 231 g/mol. The fraction of sp³-hybridized carbons (Fsp3) is 0. The Kier molecular flexibility index (Phi) is 2.09. The number of aromatic amines is 1. The number of nitrogens with zero attached hydrogens (tertiary/aromatic N) is 1. The Morgan fingerprint density at radius 3 is 2.71 bits per heavy atom. The van der Waals surface area contributed by atoms with Crippen molar-refractivity contribution >= 4 is 39.8 Å². The first-order valence-electron chi connectivity index (χ1n) is 3.67. The second kappa shape index (κ2) is 3.15. The molecule has 2 aromatic rings. The van der Waals surface area contributed by atoms with E-state index in [4.69, 9.17) is 23.2 Å². The first kappa shape index (κ1) is 9.30. The molecule has 1 aromatic heterocycles. The summed E-state index contributed by atoms with van der Waals surface area (Å²) >= 11 is 11.6. The fourth-order valence-corrected chi connectivity index (χ4v) is 1.64. The van der Waals surface area contributed by atoms with Crippen LogP contribution >= 0.6 is 23.2 Å². The Hall–Kier alpha value is -1.26. The van der Waals surface area contributed by atoms with Gasteiger partial charge < -0.3 is 10.1 Å². The van der Waals surface area contributed by atoms with Crippen molar-refractivity contribution in [2.75, 3.05) is 0 Å². The van der Waals surface area contributed by atoms with Crippen molar-refractivity contribution < 1.29 is 5.11 Å². The summed E-state index contributed by atoms with van der Waals surface area (Å²) in [6, 6.07) is 3.10. The van der Waals surface area contributed by atoms with Crippen LogP contribution in [0.1, 0.15) is 0 Å². The Morgan fingerprint density at radius 1 is 1.36 bits per heavy atom. The van der Waals surface area contributed by atoms with Gasteiger partial charge in [-0.3, -0.25) is 0 Å². The molecule has 0 aliphatic rings. The van der Waals surface area contributed by atoms with Crippen LogP contribution in [-0.2, 0) is 0 Å². The number of halogens is 2. The Bertz CT molecular complexity index is 522. The van der Waals surface area contributed by atoms with Crippen molar-refractivity contribution in [3.05, 3.63) is 27.1 Å². The zero-order chi connectivity index (χ0) is 10.3. The van der Waals surface area contributed by atoms with E-state index >= 15 is 0 Å². The van der Waals surface area contributed by atoms with Crippen LogP contribution in [0.25, 0.3) is 10.9 Å². The van der Waals surface area contributed by atoms with E-state index in [0.29, 0.717) is 15.9 Å². The van der Waals surface area contributed by atoms with Crippen LogP contribution in [0.2, 0.25) is 10.0 Å². The first-order chi connectivity index (χ1) is 6.65. The minimum Gasteiger partial charge on any atom is -0.493 e. The molecule has 0 amide bonds. The second-order valence-electron chi connectivity index (χ2n) is 2.70. The van der Waals surface area contributed by atoms with Crippen LogP contribution in [0.4, 0.5) is 5.69 Å². The summed E-state index contributed by atoms with van der Waals surface area (Å²) in [5.41, 5.74) is 0.352. The van der Waals surface area contributed by atoms with Crippen LogP contribution in [0, 0.1) is 4.91 Å². The highest BCUT2D eigenvalue weighted by Gasteiger charge is 2.14. The number of aromatic nitrogens is 1. The number of nitroso groups, excluding NO2 is 1. The standard InChI is InChI=1S/C8H4Cl2N2O2/c9-4-2-1-3-6(5(4)10)11-8(13)7(3)12-14/h1-2,11,13H. The van der Waals surface area contributed by atoms with Gasteiger partial charge in [-0.05, 0) is 17.3 Å². The van der Waals surface area contributed by atoms with Crippen molar-refractivity contribution in [2.45, 2.75) is 0 Å². The third kappa shape index (κ3) is 1.15. The number of hydrogen-bond donors (Lipinski definition) is 2. The van der Waals surface area contributed by atoms with E-state index < -0.39 is 0 Å². The summed E-state index contributed by atoms with van der Waals surface area (Å²) in [7, 11) is 0. The van der Waals surface area contributed by atoms with E-state index in [9.17, 15) is 10.0 Å². The van der Waals surface area contributed by atoms with Gasteiger partial charge in [0.1, 0.15) is 0 Å². The van der Waals surface area contributed by atoms with Gasteiger partial charge >= 0.3 is 0 Å². The van der Waals surface area contributed by atoms with Crippen LogP contribution in [0.5, 0.6) is 5.88 Å². The van der Waals surface area contributed by atoms with Crippen molar-refractivity contribution in [1.82, 2.24) is 4.98 Å². The number of rotatable bonds is 1. The summed E-state index contributed by atoms with van der Waals surface area (Å²) in [4.78, 5) is 12.9. The van der Waals surface area contributed by atoms with Crippen LogP contribution in [-0.4, -0.2) is 10.1 Å². The molecule has 6 heteroatoms. The van der Waals surface area contributed by atoms with Crippen molar-refractivity contribution in [3.8, 4) is 5.88 Å². The minimum atomic E-state index is -0.306. The van der Waals surface area contributed by atoms with Gasteiger partial charge in [-0.15, -0.1) is 4.91 Å². The third-order valence-electron chi connectivity index (χ3n) is 1.91. The Morgan fingerprint density at radius 2 is 2.07 bits per heavy atom. The molecule has 0 atom stereocenters. The topological polar surface area (TPSA) is 65.4 Å². The normalized spacial score (nSPS) is 10.7. The molecule has 14 heavy (non-hydrogen) atoms. The van der Waals surface area contributed by atoms with Gasteiger partial charge in [-0.2, -0.15) is 0 Å². The lowest BCUT2D eigenvalue weighted by Gasteiger charge is -1.95. The monoisotopic (exact) mass is 230 g/mol. The molecule has 0 fully saturated rings. The van der Waals surface area contributed by atoms with E-state index in [0.717, 1.165) is 0 Å². The van der Waals surface area contributed by atoms with E-state index in [-0.39, 0.29) is 16.6 Å². The van der Waals surface area contributed by atoms with Crippen LogP contribution in [0.15, 0.2) is 17.3 Å². The number of aromatic hydroxyl groups is 1. The molecule has 0 unspecified atom stereocenters. The summed E-state index contributed by atoms with van der Waals surface area (Å²) < 4.78 is 0. The first-order valence-corrected chi connectivity index (χ1v) is 4.42. The molecule has 2 N–H and O–H groups in total. The molecule has 0 aliphatic heterocycles. The lowest BCUT2D eigenvalue weighted by molar-refractivity contribution is 0.460. The number of hydrogen-bond acceptors (Lipinski definition) is 3. The minimum absolute atomic E-state index is 0.0569. The van der Waals surface area contributed by atoms with Crippen LogP contribution in [0.3, 0.4) is 0 Å². The molecule has 2 rings (SSSR count). The predicted molar refractivity (Wildman–Crippen MR) is 55.4 cm³/mol. The van der Waals surface area contributed by atoms with Crippen molar-refractivity contribution in [1.29, 1.82) is 0 Å². The molecule has 72 valence electrons. The highest BCUT2D eigenvalue weighted by molar-refractivity contribution is 6.45. The number of fused-ring (bicyclic) bond motifs is 1. The molecule has 0 saturated heterocycles. The molecular formula is C8H4Cl2N2O2. The van der Waals surface area contributed by atoms with Gasteiger partial charge in [0.25, 0.3) is 0 Å². The summed E-state index contributed by atoms with van der Waals surface area (Å²) in [5.74, 6) is -0.306. The molecule has 0 spiro atoms. The zero-order valence-electron chi connectivity index (χ0n) is 6.71. The molecule has 0 aliphatic carbocycles. The maximum Gasteiger partial charge on any atom is 0.219 e. The fourth-order valence-electron chi connectivity index (χ4n) is 1.27. The average Bonchev–Trinajstić information content (AvgIpc) is 2.49. The van der Waals surface area contributed by atoms with Gasteiger partial charge in [0.05, 0.1) is 15.6 Å². The Balaban J connectivity index is 2.93. The van der Waals surface area contributed by atoms with E-state index in [1.165, 1.54) is 6.07 Å². The quantitative estimate of drug-likeness (QED) is 0.736. The SMILES string of the molecule is O=Nc1c(O)[nH]c2c(Cl)c(Cl)ccc12. The second-order valence-corrected chi connectivity index (χ2v) is 3.48. The Labute approximate surface area is 88.4 Å². The van der Waals surface area contributed by atoms with E-state index in [1.807, 2.05) is 0 Å². The van der Waals surface area contributed by atoms with E-state index in [1.54, 1.807) is 6.07 Å². The highest BCUT2D eigenvalue weighted by Crippen LogP contribution is 2.40. The van der Waals surface area contributed by atoms with Crippen LogP contribution < -0.4 is 0 Å². The largest absolute Gasteiger partial charge is 0.493 e. The summed E-state index contributed by atoms with van der Waals surface area (Å²) in [6.45, 7) is 0. The summed E-state index contributed by atoms with van der Waals surface area (Å²) in [6.07, 6.45) is 0. The molecule has 0 bridgehead atoms. The molecule has 4 nitrogen and oxygen atoms in total. The van der Waals surface area contributed by atoms with Gasteiger partial charge in [0.15, 0.2) is 5.69 Å². The lowest BCUT2D eigenvalue weighted by Crippen LogP contribution is -1.72. The highest BCUT2D eigenvalue weighted by atomic mass is 35.5. The maximum atomic E-state index is 10.4. The summed E-state index contributed by atoms with van der Waals surface area (Å²) in [5, 5.41) is 13.0. The van der Waals surface area contributed by atoms with Gasteiger partial charge in [-0.25, -0.2) is 0 Å². The third-order valence-corrected chi connectivity index (χ3v) is 2.71. The smallest absolute Gasteiger partial charge is 0.219 e. The lowest BCUT2D eigenvalue weighted by atomic mass is 10.2. The van der Waals surface area contributed by atoms with Crippen molar-refractivity contribution in [3.63, 3.8) is 0 Å². The molecule has 0 saturated carbocycles. The zero-order valence-corrected chi connectivity index (χ0v) is 8.23. The molecule has 1 aromatic carbocycles. The number of nitrogens with one attached hydrogen (secondary N) is 1. The predicted octanol–water partition coefficient (Wildman–Crippen LogP) is 3.58. The molecule has 0 radical (unpaired) electrons. The molecule has 1 heterocycles.